The van der Waals surface area contributed by atoms with Gasteiger partial charge in [0.05, 0.1) is 0 Å². The second-order valence-electron chi connectivity index (χ2n) is 5.41. The van der Waals surface area contributed by atoms with Gasteiger partial charge < -0.3 is 4.74 Å². The summed E-state index contributed by atoms with van der Waals surface area (Å²) in [6, 6.07) is 7.81. The van der Waals surface area contributed by atoms with E-state index in [1.54, 1.807) is 0 Å². The van der Waals surface area contributed by atoms with Crippen molar-refractivity contribution in [2.75, 3.05) is 6.61 Å². The summed E-state index contributed by atoms with van der Waals surface area (Å²) in [5.41, 5.74) is 4.96. The van der Waals surface area contributed by atoms with Crippen LogP contribution in [0, 0.1) is 0 Å². The molecule has 1 aliphatic carbocycles. The van der Waals surface area contributed by atoms with Gasteiger partial charge >= 0.3 is 0 Å². The van der Waals surface area contributed by atoms with E-state index < -0.39 is 0 Å². The number of carbonyl (C=O) groups excluding carboxylic acids is 1. The molecule has 0 aromatic heterocycles. The number of benzene rings is 1. The van der Waals surface area contributed by atoms with Crippen LogP contribution in [0.3, 0.4) is 0 Å². The molecule has 1 fully saturated rings. The van der Waals surface area contributed by atoms with Crippen molar-refractivity contribution >= 4 is 11.6 Å². The van der Waals surface area contributed by atoms with Gasteiger partial charge in [-0.1, -0.05) is 31.9 Å². The van der Waals surface area contributed by atoms with Crippen LogP contribution in [0.25, 0.3) is 0 Å². The maximum absolute atomic E-state index is 11.7. The Morgan fingerprint density at radius 2 is 1.81 bits per heavy atom. The van der Waals surface area contributed by atoms with Crippen LogP contribution in [0.15, 0.2) is 29.4 Å². The normalized spacial score (nSPS) is 15.2. The molecule has 0 saturated heterocycles. The zero-order valence-electron chi connectivity index (χ0n) is 12.7. The largest absolute Gasteiger partial charge is 0.484 e. The minimum absolute atomic E-state index is 0.00223. The smallest absolute Gasteiger partial charge is 0.277 e. The van der Waals surface area contributed by atoms with E-state index in [0.29, 0.717) is 5.75 Å². The minimum Gasteiger partial charge on any atom is -0.484 e. The minimum atomic E-state index is -0.202. The molecule has 114 valence electrons. The van der Waals surface area contributed by atoms with Crippen LogP contribution < -0.4 is 10.2 Å². The fourth-order valence-electron chi connectivity index (χ4n) is 2.39. The summed E-state index contributed by atoms with van der Waals surface area (Å²) in [7, 11) is 0. The number of nitrogens with zero attached hydrogens (tertiary/aromatic N) is 1. The highest BCUT2D eigenvalue weighted by Crippen LogP contribution is 2.14. The van der Waals surface area contributed by atoms with Crippen molar-refractivity contribution in [3.8, 4) is 5.75 Å². The summed E-state index contributed by atoms with van der Waals surface area (Å²) in [4.78, 5) is 11.7. The lowest BCUT2D eigenvalue weighted by Crippen LogP contribution is -2.25. The number of hydrogen-bond donors (Lipinski definition) is 1. The summed E-state index contributed by atoms with van der Waals surface area (Å²) >= 11 is 0. The predicted octanol–water partition coefficient (Wildman–Crippen LogP) is 3.45. The number of carbonyl (C=O) groups is 1. The van der Waals surface area contributed by atoms with Crippen molar-refractivity contribution in [1.29, 1.82) is 0 Å². The molecule has 21 heavy (non-hydrogen) atoms. The monoisotopic (exact) mass is 288 g/mol. The average Bonchev–Trinajstić information content (AvgIpc) is 2.80. The van der Waals surface area contributed by atoms with Gasteiger partial charge in [-0.15, -0.1) is 0 Å². The first kappa shape index (κ1) is 15.5. The van der Waals surface area contributed by atoms with Crippen LogP contribution in [0.1, 0.15) is 51.0 Å². The van der Waals surface area contributed by atoms with Crippen molar-refractivity contribution in [3.05, 3.63) is 29.8 Å². The molecule has 1 aliphatic rings. The Hall–Kier alpha value is -1.84. The van der Waals surface area contributed by atoms with E-state index in [9.17, 15) is 4.79 Å². The third kappa shape index (κ3) is 5.58. The number of hydrazone groups is 1. The van der Waals surface area contributed by atoms with Gasteiger partial charge in [0, 0.05) is 5.71 Å². The van der Waals surface area contributed by atoms with Crippen LogP contribution in [0.2, 0.25) is 0 Å². The molecule has 0 unspecified atom stereocenters. The van der Waals surface area contributed by atoms with Gasteiger partial charge in [0.25, 0.3) is 5.91 Å². The maximum Gasteiger partial charge on any atom is 0.277 e. The first-order chi connectivity index (χ1) is 10.3. The molecule has 4 nitrogen and oxygen atoms in total. The predicted molar refractivity (Wildman–Crippen MR) is 84.6 cm³/mol. The molecule has 0 bridgehead atoms. The molecule has 1 N–H and O–H groups in total. The Morgan fingerprint density at radius 1 is 1.14 bits per heavy atom. The van der Waals surface area contributed by atoms with Gasteiger partial charge in [0.2, 0.25) is 0 Å². The van der Waals surface area contributed by atoms with Crippen LogP contribution >= 0.6 is 0 Å². The van der Waals surface area contributed by atoms with Gasteiger partial charge in [0.15, 0.2) is 6.61 Å². The van der Waals surface area contributed by atoms with Gasteiger partial charge in [-0.05, 0) is 49.8 Å². The summed E-state index contributed by atoms with van der Waals surface area (Å²) in [6.07, 6.45) is 7.88. The Kier molecular flexibility index (Phi) is 6.25. The van der Waals surface area contributed by atoms with E-state index in [0.717, 1.165) is 25.0 Å². The van der Waals surface area contributed by atoms with Crippen molar-refractivity contribution < 1.29 is 9.53 Å². The highest BCUT2D eigenvalue weighted by atomic mass is 16.5. The van der Waals surface area contributed by atoms with E-state index in [4.69, 9.17) is 4.74 Å². The number of amides is 1. The Morgan fingerprint density at radius 3 is 2.43 bits per heavy atom. The first-order valence-corrected chi connectivity index (χ1v) is 7.84. The second kappa shape index (κ2) is 8.45. The standard InChI is InChI=1S/C17H24N2O2/c1-2-14-9-11-16(12-10-14)21-13-17(20)19-18-15-7-5-3-4-6-8-15/h9-12H,2-8,13H2,1H3,(H,19,20). The van der Waals surface area contributed by atoms with Crippen LogP contribution in [-0.4, -0.2) is 18.2 Å². The number of rotatable bonds is 5. The molecule has 0 atom stereocenters. The summed E-state index contributed by atoms with van der Waals surface area (Å²) in [5, 5.41) is 4.22. The highest BCUT2D eigenvalue weighted by Gasteiger charge is 2.07. The molecule has 1 aromatic carbocycles. The topological polar surface area (TPSA) is 50.7 Å². The Labute approximate surface area is 126 Å². The molecule has 1 saturated carbocycles. The van der Waals surface area contributed by atoms with Gasteiger partial charge in [-0.2, -0.15) is 5.10 Å². The average molecular weight is 288 g/mol. The molecule has 0 heterocycles. The Bertz CT molecular complexity index is 470. The second-order valence-corrected chi connectivity index (χ2v) is 5.41. The number of aryl methyl sites for hydroxylation is 1. The summed E-state index contributed by atoms with van der Waals surface area (Å²) in [6.45, 7) is 2.11. The summed E-state index contributed by atoms with van der Waals surface area (Å²) < 4.78 is 5.45. The molecular weight excluding hydrogens is 264 g/mol. The molecule has 4 heteroatoms. The Balaban J connectivity index is 1.74. The quantitative estimate of drug-likeness (QED) is 0.666. The lowest BCUT2D eigenvalue weighted by Gasteiger charge is -2.07. The zero-order chi connectivity index (χ0) is 14.9. The van der Waals surface area contributed by atoms with Gasteiger partial charge in [-0.3, -0.25) is 4.79 Å². The van der Waals surface area contributed by atoms with Crippen molar-refractivity contribution in [2.45, 2.75) is 51.9 Å². The number of nitrogens with one attached hydrogen (secondary N) is 1. The van der Waals surface area contributed by atoms with Gasteiger partial charge in [0.1, 0.15) is 5.75 Å². The van der Waals surface area contributed by atoms with E-state index in [2.05, 4.69) is 17.5 Å². The summed E-state index contributed by atoms with van der Waals surface area (Å²) in [5.74, 6) is 0.510. The number of hydrogen-bond acceptors (Lipinski definition) is 3. The lowest BCUT2D eigenvalue weighted by molar-refractivity contribution is -0.123. The molecule has 1 amide bonds. The zero-order valence-corrected chi connectivity index (χ0v) is 12.7. The highest BCUT2D eigenvalue weighted by molar-refractivity contribution is 5.86. The van der Waals surface area contributed by atoms with Crippen molar-refractivity contribution in [1.82, 2.24) is 5.43 Å². The molecular formula is C17H24N2O2. The third-order valence-corrected chi connectivity index (χ3v) is 3.72. The fraction of sp³-hybridized carbons (Fsp3) is 0.529. The molecule has 0 radical (unpaired) electrons. The van der Waals surface area contributed by atoms with Crippen LogP contribution in [0.4, 0.5) is 0 Å². The van der Waals surface area contributed by atoms with Crippen molar-refractivity contribution in [3.63, 3.8) is 0 Å². The maximum atomic E-state index is 11.7. The molecule has 2 rings (SSSR count). The van der Waals surface area contributed by atoms with Crippen LogP contribution in [0.5, 0.6) is 5.75 Å². The van der Waals surface area contributed by atoms with E-state index in [1.165, 1.54) is 31.2 Å². The van der Waals surface area contributed by atoms with E-state index >= 15 is 0 Å². The lowest BCUT2D eigenvalue weighted by atomic mass is 10.2. The van der Waals surface area contributed by atoms with Crippen molar-refractivity contribution in [2.24, 2.45) is 5.10 Å². The van der Waals surface area contributed by atoms with E-state index in [-0.39, 0.29) is 12.5 Å². The van der Waals surface area contributed by atoms with Gasteiger partial charge in [-0.25, -0.2) is 5.43 Å². The first-order valence-electron chi connectivity index (χ1n) is 7.84. The third-order valence-electron chi connectivity index (χ3n) is 3.72. The fourth-order valence-corrected chi connectivity index (χ4v) is 2.39. The molecule has 0 aliphatic heterocycles. The molecule has 0 spiro atoms. The SMILES string of the molecule is CCc1ccc(OCC(=O)NN=C2CCCCCC2)cc1. The van der Waals surface area contributed by atoms with E-state index in [1.807, 2.05) is 24.3 Å². The molecule has 1 aromatic rings. The number of ether oxygens (including phenoxy) is 1. The van der Waals surface area contributed by atoms with Crippen LogP contribution in [-0.2, 0) is 11.2 Å².